The van der Waals surface area contributed by atoms with E-state index in [1.807, 2.05) is 6.07 Å². The van der Waals surface area contributed by atoms with Crippen molar-refractivity contribution in [2.45, 2.75) is 0 Å². The molecule has 3 aromatic rings. The third-order valence-corrected chi connectivity index (χ3v) is 3.98. The fraction of sp³-hybridized carbons (Fsp3) is 0.0476. The summed E-state index contributed by atoms with van der Waals surface area (Å²) in [7, 11) is 1.53. The Bertz CT molecular complexity index is 1160. The molecule has 0 saturated carbocycles. The van der Waals surface area contributed by atoms with E-state index in [0.29, 0.717) is 17.0 Å². The Morgan fingerprint density at radius 3 is 2.57 bits per heavy atom. The third-order valence-electron chi connectivity index (χ3n) is 3.98. The largest absolute Gasteiger partial charge is 0.497 e. The smallest absolute Gasteiger partial charge is 0.357 e. The van der Waals surface area contributed by atoms with Gasteiger partial charge in [-0.15, -0.1) is 0 Å². The Kier molecular flexibility index (Phi) is 5.33. The number of aromatic carboxylic acids is 1. The summed E-state index contributed by atoms with van der Waals surface area (Å²) in [5, 5.41) is 23.1. The second-order valence-electron chi connectivity index (χ2n) is 5.72. The maximum atomic E-state index is 12.7. The lowest BCUT2D eigenvalue weighted by molar-refractivity contribution is 0.0688. The maximum absolute atomic E-state index is 12.7. The second kappa shape index (κ2) is 8.01. The first-order valence-electron chi connectivity index (χ1n) is 8.23. The molecule has 0 fully saturated rings. The van der Waals surface area contributed by atoms with Gasteiger partial charge in [-0.2, -0.15) is 15.0 Å². The first-order chi connectivity index (χ1) is 13.5. The minimum Gasteiger partial charge on any atom is -0.497 e. The fourth-order valence-electron chi connectivity index (χ4n) is 2.64. The van der Waals surface area contributed by atoms with Crippen LogP contribution in [0.4, 0.5) is 0 Å². The van der Waals surface area contributed by atoms with Crippen LogP contribution in [-0.4, -0.2) is 28.0 Å². The fourth-order valence-corrected chi connectivity index (χ4v) is 2.64. The number of ether oxygens (including phenoxy) is 1. The summed E-state index contributed by atoms with van der Waals surface area (Å²) >= 11 is 0. The van der Waals surface area contributed by atoms with Gasteiger partial charge in [0.25, 0.3) is 5.56 Å². The van der Waals surface area contributed by atoms with Crippen molar-refractivity contribution in [2.24, 2.45) is 0 Å². The average molecular weight is 373 g/mol. The standard InChI is InChI=1S/C21H15N3O4/c1-28-16-9-5-6-14(12-16)10-11-17-18(13-22)20(25)24(23-19(17)21(26)27)15-7-3-2-4-8-15/h2-12H,1H3,(H,26,27)/b11-10-. The predicted octanol–water partition coefficient (Wildman–Crippen LogP) is 2.98. The van der Waals surface area contributed by atoms with Gasteiger partial charge in [-0.05, 0) is 29.8 Å². The van der Waals surface area contributed by atoms with Crippen molar-refractivity contribution in [1.82, 2.24) is 9.78 Å². The van der Waals surface area contributed by atoms with Gasteiger partial charge in [-0.3, -0.25) is 4.79 Å². The van der Waals surface area contributed by atoms with E-state index in [1.54, 1.807) is 60.7 Å². The molecule has 1 N–H and O–H groups in total. The zero-order valence-electron chi connectivity index (χ0n) is 14.9. The first-order valence-corrected chi connectivity index (χ1v) is 8.23. The Morgan fingerprint density at radius 2 is 1.93 bits per heavy atom. The first kappa shape index (κ1) is 18.6. The minimum absolute atomic E-state index is 0.0463. The predicted molar refractivity (Wildman–Crippen MR) is 103 cm³/mol. The Labute approximate surface area is 160 Å². The van der Waals surface area contributed by atoms with Gasteiger partial charge in [0, 0.05) is 5.56 Å². The van der Waals surface area contributed by atoms with Gasteiger partial charge in [0.15, 0.2) is 5.69 Å². The summed E-state index contributed by atoms with van der Waals surface area (Å²) in [4.78, 5) is 24.5. The number of aromatic nitrogens is 2. The number of carbonyl (C=O) groups is 1. The maximum Gasteiger partial charge on any atom is 0.357 e. The van der Waals surface area contributed by atoms with Crippen LogP contribution in [0.1, 0.15) is 27.2 Å². The number of hydrogen-bond acceptors (Lipinski definition) is 5. The van der Waals surface area contributed by atoms with E-state index in [1.165, 1.54) is 13.2 Å². The van der Waals surface area contributed by atoms with Crippen LogP contribution in [-0.2, 0) is 0 Å². The highest BCUT2D eigenvalue weighted by Gasteiger charge is 2.21. The molecule has 28 heavy (non-hydrogen) atoms. The normalized spacial score (nSPS) is 10.6. The molecule has 7 heteroatoms. The highest BCUT2D eigenvalue weighted by molar-refractivity contribution is 5.92. The number of nitriles is 1. The van der Waals surface area contributed by atoms with Crippen molar-refractivity contribution in [1.29, 1.82) is 5.26 Å². The quantitative estimate of drug-likeness (QED) is 0.737. The SMILES string of the molecule is COc1cccc(/C=C\c2c(C(=O)O)nn(-c3ccccc3)c(=O)c2C#N)c1. The van der Waals surface area contributed by atoms with Crippen LogP contribution in [0.15, 0.2) is 59.4 Å². The van der Waals surface area contributed by atoms with E-state index in [2.05, 4.69) is 5.10 Å². The van der Waals surface area contributed by atoms with Crippen LogP contribution in [0.2, 0.25) is 0 Å². The van der Waals surface area contributed by atoms with Crippen LogP contribution < -0.4 is 10.3 Å². The monoisotopic (exact) mass is 373 g/mol. The Balaban J connectivity index is 2.19. The number of rotatable bonds is 5. The van der Waals surface area contributed by atoms with Crippen LogP contribution in [0.3, 0.4) is 0 Å². The van der Waals surface area contributed by atoms with Crippen LogP contribution in [0.25, 0.3) is 17.8 Å². The van der Waals surface area contributed by atoms with Gasteiger partial charge in [0.1, 0.15) is 17.4 Å². The zero-order valence-corrected chi connectivity index (χ0v) is 14.9. The van der Waals surface area contributed by atoms with E-state index in [4.69, 9.17) is 4.74 Å². The van der Waals surface area contributed by atoms with Crippen molar-refractivity contribution >= 4 is 18.1 Å². The molecule has 0 aliphatic heterocycles. The molecule has 2 aromatic carbocycles. The number of nitrogens with zero attached hydrogens (tertiary/aromatic N) is 3. The van der Waals surface area contributed by atoms with E-state index >= 15 is 0 Å². The lowest BCUT2D eigenvalue weighted by Gasteiger charge is -2.09. The minimum atomic E-state index is -1.34. The molecule has 0 aliphatic rings. The molecule has 0 bridgehead atoms. The summed E-state index contributed by atoms with van der Waals surface area (Å²) in [5.41, 5.74) is -0.338. The number of para-hydroxylation sites is 1. The van der Waals surface area contributed by atoms with E-state index in [-0.39, 0.29) is 16.8 Å². The van der Waals surface area contributed by atoms with Crippen molar-refractivity contribution in [3.63, 3.8) is 0 Å². The summed E-state index contributed by atoms with van der Waals surface area (Å²) < 4.78 is 6.07. The molecule has 0 radical (unpaired) electrons. The number of carboxylic acid groups (broad SMARTS) is 1. The zero-order chi connectivity index (χ0) is 20.1. The molecule has 0 spiro atoms. The van der Waals surface area contributed by atoms with Gasteiger partial charge >= 0.3 is 5.97 Å². The molecule has 1 aromatic heterocycles. The molecule has 7 nitrogen and oxygen atoms in total. The molecule has 138 valence electrons. The molecule has 0 unspecified atom stereocenters. The van der Waals surface area contributed by atoms with Crippen molar-refractivity contribution in [3.05, 3.63) is 87.3 Å². The van der Waals surface area contributed by atoms with E-state index in [0.717, 1.165) is 4.68 Å². The molecule has 0 amide bonds. The van der Waals surface area contributed by atoms with Crippen molar-refractivity contribution in [2.75, 3.05) is 7.11 Å². The number of carboxylic acids is 1. The van der Waals surface area contributed by atoms with E-state index < -0.39 is 11.5 Å². The highest BCUT2D eigenvalue weighted by atomic mass is 16.5. The molecular formula is C21H15N3O4. The highest BCUT2D eigenvalue weighted by Crippen LogP contribution is 2.18. The van der Waals surface area contributed by atoms with Gasteiger partial charge in [0.2, 0.25) is 0 Å². The average Bonchev–Trinajstić information content (AvgIpc) is 2.72. The lowest BCUT2D eigenvalue weighted by Crippen LogP contribution is -2.28. The summed E-state index contributed by atoms with van der Waals surface area (Å²) in [5.74, 6) is -0.717. The van der Waals surface area contributed by atoms with Gasteiger partial charge in [0.05, 0.1) is 12.8 Å². The molecule has 0 saturated heterocycles. The summed E-state index contributed by atoms with van der Waals surface area (Å²) in [6.07, 6.45) is 3.00. The van der Waals surface area contributed by atoms with E-state index in [9.17, 15) is 20.0 Å². The van der Waals surface area contributed by atoms with Crippen LogP contribution >= 0.6 is 0 Å². The molecule has 0 atom stereocenters. The van der Waals surface area contributed by atoms with Gasteiger partial charge < -0.3 is 9.84 Å². The third kappa shape index (κ3) is 3.66. The lowest BCUT2D eigenvalue weighted by atomic mass is 10.1. The summed E-state index contributed by atoms with van der Waals surface area (Å²) in [6.45, 7) is 0. The molecule has 1 heterocycles. The van der Waals surface area contributed by atoms with Crippen LogP contribution in [0, 0.1) is 11.3 Å². The van der Waals surface area contributed by atoms with Gasteiger partial charge in [-0.25, -0.2) is 4.79 Å². The second-order valence-corrected chi connectivity index (χ2v) is 5.72. The Morgan fingerprint density at radius 1 is 1.18 bits per heavy atom. The summed E-state index contributed by atoms with van der Waals surface area (Å²) in [6, 6.07) is 17.2. The number of hydrogen-bond donors (Lipinski definition) is 1. The molecule has 3 rings (SSSR count). The molecule has 0 aliphatic carbocycles. The number of methoxy groups -OCH3 is 1. The topological polar surface area (TPSA) is 105 Å². The van der Waals surface area contributed by atoms with Crippen molar-refractivity contribution < 1.29 is 14.6 Å². The molecular weight excluding hydrogens is 358 g/mol. The van der Waals surface area contributed by atoms with Crippen LogP contribution in [0.5, 0.6) is 5.75 Å². The Hall–Kier alpha value is -4.18. The van der Waals surface area contributed by atoms with Crippen molar-refractivity contribution in [3.8, 4) is 17.5 Å². The van der Waals surface area contributed by atoms with Gasteiger partial charge in [-0.1, -0.05) is 42.5 Å². The number of benzene rings is 2.